The lowest BCUT2D eigenvalue weighted by molar-refractivity contribution is -0.128. The molecule has 2 aromatic rings. The van der Waals surface area contributed by atoms with E-state index in [2.05, 4.69) is 5.32 Å². The molecule has 0 bridgehead atoms. The number of hydrogen-bond acceptors (Lipinski definition) is 2. The zero-order valence-electron chi connectivity index (χ0n) is 14.5. The lowest BCUT2D eigenvalue weighted by Gasteiger charge is -2.16. The Hall–Kier alpha value is -2.69. The van der Waals surface area contributed by atoms with Gasteiger partial charge in [0.15, 0.2) is 0 Å². The minimum atomic E-state index is -0.353. The van der Waals surface area contributed by atoms with Crippen molar-refractivity contribution in [2.24, 2.45) is 5.92 Å². The summed E-state index contributed by atoms with van der Waals surface area (Å²) in [4.78, 5) is 26.7. The number of benzene rings is 2. The fraction of sp³-hybridized carbons (Fsp3) is 0.333. The molecule has 134 valence electrons. The molecule has 4 rings (SSSR count). The van der Waals surface area contributed by atoms with E-state index in [4.69, 9.17) is 0 Å². The third-order valence-electron chi connectivity index (χ3n) is 5.11. The highest BCUT2D eigenvalue weighted by molar-refractivity contribution is 6.01. The quantitative estimate of drug-likeness (QED) is 0.898. The molecule has 1 aliphatic heterocycles. The Bertz CT molecular complexity index is 847. The predicted molar refractivity (Wildman–Crippen MR) is 97.0 cm³/mol. The molecule has 1 heterocycles. The van der Waals surface area contributed by atoms with Crippen molar-refractivity contribution in [3.05, 3.63) is 59.9 Å². The van der Waals surface area contributed by atoms with Crippen molar-refractivity contribution in [3.63, 3.8) is 0 Å². The van der Waals surface area contributed by atoms with Gasteiger partial charge in [0.1, 0.15) is 5.82 Å². The number of rotatable bonds is 5. The Morgan fingerprint density at radius 2 is 1.77 bits per heavy atom. The first-order chi connectivity index (χ1) is 12.6. The number of halogens is 1. The first-order valence-electron chi connectivity index (χ1n) is 9.05. The molecule has 26 heavy (non-hydrogen) atoms. The molecule has 5 heteroatoms. The third-order valence-corrected chi connectivity index (χ3v) is 5.11. The molecule has 2 aromatic carbocycles. The number of carbonyl (C=O) groups excluding carboxylic acids is 2. The molecule has 0 aromatic heterocycles. The summed E-state index contributed by atoms with van der Waals surface area (Å²) in [7, 11) is 0. The van der Waals surface area contributed by atoms with E-state index in [0.717, 1.165) is 19.4 Å². The number of nitrogens with zero attached hydrogens (tertiary/aromatic N) is 1. The molecule has 1 aliphatic carbocycles. The van der Waals surface area contributed by atoms with Crippen LogP contribution in [-0.4, -0.2) is 35.8 Å². The largest absolute Gasteiger partial charge is 0.352 e. The van der Waals surface area contributed by atoms with Crippen molar-refractivity contribution >= 4 is 11.8 Å². The van der Waals surface area contributed by atoms with E-state index >= 15 is 0 Å². The van der Waals surface area contributed by atoms with Crippen molar-refractivity contribution in [3.8, 4) is 11.1 Å². The van der Waals surface area contributed by atoms with Crippen LogP contribution in [0, 0.1) is 11.7 Å². The Balaban J connectivity index is 1.46. The maximum atomic E-state index is 14.1. The number of likely N-dealkylation sites (tertiary alicyclic amines) is 1. The van der Waals surface area contributed by atoms with Gasteiger partial charge < -0.3 is 10.2 Å². The maximum Gasteiger partial charge on any atom is 0.251 e. The fourth-order valence-electron chi connectivity index (χ4n) is 3.61. The monoisotopic (exact) mass is 352 g/mol. The van der Waals surface area contributed by atoms with Gasteiger partial charge in [0.05, 0.1) is 0 Å². The molecule has 0 radical (unpaired) electrons. The van der Waals surface area contributed by atoms with Crippen molar-refractivity contribution in [1.82, 2.24) is 10.2 Å². The van der Waals surface area contributed by atoms with Gasteiger partial charge in [0.25, 0.3) is 5.91 Å². The SMILES string of the molecule is O=C(NC[C@H]1CC(=O)N(C2CC2)C1)c1ccccc1-c1ccccc1F. The van der Waals surface area contributed by atoms with Gasteiger partial charge >= 0.3 is 0 Å². The minimum absolute atomic E-state index is 0.146. The number of nitrogens with one attached hydrogen (secondary N) is 1. The van der Waals surface area contributed by atoms with E-state index in [-0.39, 0.29) is 23.5 Å². The average molecular weight is 352 g/mol. The Labute approximate surface area is 152 Å². The number of amides is 2. The highest BCUT2D eigenvalue weighted by Gasteiger charge is 2.39. The predicted octanol–water partition coefficient (Wildman–Crippen LogP) is 3.23. The normalized spacial score (nSPS) is 19.7. The maximum absolute atomic E-state index is 14.1. The number of hydrogen-bond donors (Lipinski definition) is 1. The van der Waals surface area contributed by atoms with E-state index in [1.165, 1.54) is 6.07 Å². The van der Waals surface area contributed by atoms with Crippen LogP contribution in [0.4, 0.5) is 4.39 Å². The van der Waals surface area contributed by atoms with Gasteiger partial charge in [-0.15, -0.1) is 0 Å². The third kappa shape index (κ3) is 3.34. The second kappa shape index (κ2) is 6.90. The van der Waals surface area contributed by atoms with Gasteiger partial charge in [0, 0.05) is 42.6 Å². The Morgan fingerprint density at radius 1 is 1.08 bits per heavy atom. The fourth-order valence-corrected chi connectivity index (χ4v) is 3.61. The highest BCUT2D eigenvalue weighted by Crippen LogP contribution is 2.32. The van der Waals surface area contributed by atoms with Crippen LogP contribution in [0.3, 0.4) is 0 Å². The molecule has 1 atom stereocenters. The van der Waals surface area contributed by atoms with Crippen LogP contribution in [-0.2, 0) is 4.79 Å². The summed E-state index contributed by atoms with van der Waals surface area (Å²) in [6.07, 6.45) is 2.69. The van der Waals surface area contributed by atoms with Gasteiger partial charge in [-0.3, -0.25) is 9.59 Å². The van der Waals surface area contributed by atoms with E-state index in [1.54, 1.807) is 42.5 Å². The summed E-state index contributed by atoms with van der Waals surface area (Å²) < 4.78 is 14.1. The van der Waals surface area contributed by atoms with Crippen molar-refractivity contribution in [2.45, 2.75) is 25.3 Å². The zero-order chi connectivity index (χ0) is 18.1. The molecule has 1 saturated heterocycles. The highest BCUT2D eigenvalue weighted by atomic mass is 19.1. The standard InChI is InChI=1S/C21H21FN2O2/c22-19-8-4-3-6-17(19)16-5-1-2-7-18(16)21(26)23-12-14-11-20(25)24(13-14)15-9-10-15/h1-8,14-15H,9-13H2,(H,23,26)/t14-/m1/s1. The molecule has 4 nitrogen and oxygen atoms in total. The molecule has 2 fully saturated rings. The van der Waals surface area contributed by atoms with Gasteiger partial charge in [-0.1, -0.05) is 36.4 Å². The van der Waals surface area contributed by atoms with Crippen LogP contribution < -0.4 is 5.32 Å². The van der Waals surface area contributed by atoms with E-state index in [0.29, 0.717) is 35.7 Å². The van der Waals surface area contributed by atoms with E-state index < -0.39 is 0 Å². The molecule has 2 aliphatic rings. The topological polar surface area (TPSA) is 49.4 Å². The summed E-state index contributed by atoms with van der Waals surface area (Å²) in [6.45, 7) is 1.18. The van der Waals surface area contributed by atoms with Crippen molar-refractivity contribution in [1.29, 1.82) is 0 Å². The lowest BCUT2D eigenvalue weighted by Crippen LogP contribution is -2.32. The first kappa shape index (κ1) is 16.8. The second-order valence-electron chi connectivity index (χ2n) is 7.08. The van der Waals surface area contributed by atoms with Crippen molar-refractivity contribution < 1.29 is 14.0 Å². The second-order valence-corrected chi connectivity index (χ2v) is 7.08. The Morgan fingerprint density at radius 3 is 2.50 bits per heavy atom. The van der Waals surface area contributed by atoms with Crippen molar-refractivity contribution in [2.75, 3.05) is 13.1 Å². The summed E-state index contributed by atoms with van der Waals surface area (Å²) in [5.74, 6) is -0.249. The molecule has 1 N–H and O–H groups in total. The minimum Gasteiger partial charge on any atom is -0.352 e. The summed E-state index contributed by atoms with van der Waals surface area (Å²) in [5, 5.41) is 2.93. The van der Waals surface area contributed by atoms with Crippen LogP contribution in [0.25, 0.3) is 11.1 Å². The molecule has 2 amide bonds. The van der Waals surface area contributed by atoms with Gasteiger partial charge in [-0.05, 0) is 30.5 Å². The molecule has 0 spiro atoms. The first-order valence-corrected chi connectivity index (χ1v) is 9.05. The molecular weight excluding hydrogens is 331 g/mol. The van der Waals surface area contributed by atoms with Crippen LogP contribution >= 0.6 is 0 Å². The molecular formula is C21H21FN2O2. The van der Waals surface area contributed by atoms with Gasteiger partial charge in [0.2, 0.25) is 5.91 Å². The van der Waals surface area contributed by atoms with Gasteiger partial charge in [-0.25, -0.2) is 4.39 Å². The molecule has 1 saturated carbocycles. The summed E-state index contributed by atoms with van der Waals surface area (Å²) >= 11 is 0. The van der Waals surface area contributed by atoms with Crippen LogP contribution in [0.15, 0.2) is 48.5 Å². The summed E-state index contributed by atoms with van der Waals surface area (Å²) in [5.41, 5.74) is 1.43. The van der Waals surface area contributed by atoms with Crippen LogP contribution in [0.1, 0.15) is 29.6 Å². The number of carbonyl (C=O) groups is 2. The summed E-state index contributed by atoms with van der Waals surface area (Å²) in [6, 6.07) is 13.9. The van der Waals surface area contributed by atoms with Gasteiger partial charge in [-0.2, -0.15) is 0 Å². The smallest absolute Gasteiger partial charge is 0.251 e. The lowest BCUT2D eigenvalue weighted by atomic mass is 9.98. The zero-order valence-corrected chi connectivity index (χ0v) is 14.5. The molecule has 0 unspecified atom stereocenters. The average Bonchev–Trinajstić information content (AvgIpc) is 3.43. The Kier molecular flexibility index (Phi) is 4.45. The van der Waals surface area contributed by atoms with Crippen LogP contribution in [0.5, 0.6) is 0 Å². The van der Waals surface area contributed by atoms with E-state index in [9.17, 15) is 14.0 Å². The van der Waals surface area contributed by atoms with Crippen LogP contribution in [0.2, 0.25) is 0 Å². The van der Waals surface area contributed by atoms with E-state index in [1.807, 2.05) is 4.90 Å².